The van der Waals surface area contributed by atoms with Gasteiger partial charge in [-0.3, -0.25) is 0 Å². The summed E-state index contributed by atoms with van der Waals surface area (Å²) in [4.78, 5) is 6.35. The van der Waals surface area contributed by atoms with Gasteiger partial charge in [-0.15, -0.1) is 0 Å². The smallest absolute Gasteiger partial charge is 0.368 e. The molecule has 1 heterocycles. The van der Waals surface area contributed by atoms with E-state index >= 15 is 0 Å². The van der Waals surface area contributed by atoms with E-state index in [0.717, 1.165) is 0 Å². The SMILES string of the molecule is Nc1nc(Cl)c(Br)c(C(F)(F)F)n1. The summed E-state index contributed by atoms with van der Waals surface area (Å²) in [6.45, 7) is 0. The molecule has 0 fully saturated rings. The Hall–Kier alpha value is -0.560. The molecule has 0 bridgehead atoms. The van der Waals surface area contributed by atoms with Crippen LogP contribution in [-0.4, -0.2) is 9.97 Å². The van der Waals surface area contributed by atoms with Crippen molar-refractivity contribution in [3.05, 3.63) is 15.3 Å². The average Bonchev–Trinajstić information content (AvgIpc) is 1.94. The normalized spacial score (nSPS) is 11.8. The second-order valence-corrected chi connectivity index (χ2v) is 3.18. The van der Waals surface area contributed by atoms with Crippen molar-refractivity contribution >= 4 is 33.5 Å². The molecule has 1 aromatic rings. The van der Waals surface area contributed by atoms with Gasteiger partial charge in [-0.25, -0.2) is 9.97 Å². The van der Waals surface area contributed by atoms with E-state index in [0.29, 0.717) is 0 Å². The summed E-state index contributed by atoms with van der Waals surface area (Å²) in [5.74, 6) is -0.513. The maximum atomic E-state index is 12.2. The number of nitrogens with two attached hydrogens (primary N) is 1. The Kier molecular flexibility index (Phi) is 2.67. The lowest BCUT2D eigenvalue weighted by Gasteiger charge is -2.08. The van der Waals surface area contributed by atoms with Crippen molar-refractivity contribution in [3.8, 4) is 0 Å². The topological polar surface area (TPSA) is 51.8 Å². The van der Waals surface area contributed by atoms with Gasteiger partial charge in [0, 0.05) is 0 Å². The zero-order valence-corrected chi connectivity index (χ0v) is 8.20. The zero-order valence-electron chi connectivity index (χ0n) is 5.86. The van der Waals surface area contributed by atoms with E-state index in [-0.39, 0.29) is 5.15 Å². The number of nitrogens with zero attached hydrogens (tertiary/aromatic N) is 2. The van der Waals surface area contributed by atoms with Crippen molar-refractivity contribution in [1.82, 2.24) is 9.97 Å². The largest absolute Gasteiger partial charge is 0.434 e. The molecule has 0 aromatic carbocycles. The van der Waals surface area contributed by atoms with Crippen LogP contribution in [-0.2, 0) is 6.18 Å². The molecule has 3 nitrogen and oxygen atoms in total. The van der Waals surface area contributed by atoms with E-state index in [4.69, 9.17) is 17.3 Å². The molecule has 0 saturated carbocycles. The second kappa shape index (κ2) is 3.30. The van der Waals surface area contributed by atoms with Gasteiger partial charge in [-0.2, -0.15) is 13.2 Å². The Morgan fingerprint density at radius 2 is 1.85 bits per heavy atom. The molecule has 0 unspecified atom stereocenters. The van der Waals surface area contributed by atoms with Gasteiger partial charge in [-0.05, 0) is 15.9 Å². The highest BCUT2D eigenvalue weighted by molar-refractivity contribution is 9.10. The summed E-state index contributed by atoms with van der Waals surface area (Å²) in [5.41, 5.74) is 3.82. The first-order valence-electron chi connectivity index (χ1n) is 2.88. The van der Waals surface area contributed by atoms with Gasteiger partial charge < -0.3 is 5.73 Å². The van der Waals surface area contributed by atoms with Gasteiger partial charge in [0.15, 0.2) is 5.69 Å². The van der Waals surface area contributed by atoms with E-state index in [9.17, 15) is 13.2 Å². The maximum absolute atomic E-state index is 12.2. The van der Waals surface area contributed by atoms with Crippen LogP contribution < -0.4 is 5.73 Å². The molecule has 0 aliphatic heterocycles. The second-order valence-electron chi connectivity index (χ2n) is 2.03. The van der Waals surface area contributed by atoms with E-state index < -0.39 is 22.3 Å². The van der Waals surface area contributed by atoms with Crippen molar-refractivity contribution in [3.63, 3.8) is 0 Å². The Labute approximate surface area is 84.2 Å². The molecule has 0 amide bonds. The van der Waals surface area contributed by atoms with Crippen LogP contribution in [0, 0.1) is 0 Å². The minimum atomic E-state index is -4.60. The third-order valence-electron chi connectivity index (χ3n) is 1.10. The predicted molar refractivity (Wildman–Crippen MR) is 44.2 cm³/mol. The number of halogens is 5. The Morgan fingerprint density at radius 3 is 2.31 bits per heavy atom. The molecule has 72 valence electrons. The van der Waals surface area contributed by atoms with Gasteiger partial charge >= 0.3 is 6.18 Å². The number of hydrogen-bond acceptors (Lipinski definition) is 3. The molecule has 0 saturated heterocycles. The van der Waals surface area contributed by atoms with Crippen molar-refractivity contribution < 1.29 is 13.2 Å². The summed E-state index contributed by atoms with van der Waals surface area (Å²) in [6.07, 6.45) is -4.60. The highest BCUT2D eigenvalue weighted by Gasteiger charge is 2.36. The van der Waals surface area contributed by atoms with Crippen LogP contribution in [0.25, 0.3) is 0 Å². The summed E-state index contributed by atoms with van der Waals surface area (Å²) in [6, 6.07) is 0. The fourth-order valence-electron chi connectivity index (χ4n) is 0.624. The number of rotatable bonds is 0. The van der Waals surface area contributed by atoms with Crippen LogP contribution in [0.15, 0.2) is 4.47 Å². The van der Waals surface area contributed by atoms with E-state index in [1.807, 2.05) is 0 Å². The first-order chi connectivity index (χ1) is 5.82. The van der Waals surface area contributed by atoms with Gasteiger partial charge in [0.2, 0.25) is 5.95 Å². The number of alkyl halides is 3. The van der Waals surface area contributed by atoms with Crippen molar-refractivity contribution in [1.29, 1.82) is 0 Å². The van der Waals surface area contributed by atoms with Crippen molar-refractivity contribution in [2.24, 2.45) is 0 Å². The van der Waals surface area contributed by atoms with E-state index in [1.165, 1.54) is 0 Å². The lowest BCUT2D eigenvalue weighted by molar-refractivity contribution is -0.141. The van der Waals surface area contributed by atoms with E-state index in [2.05, 4.69) is 25.9 Å². The third kappa shape index (κ3) is 2.22. The minimum Gasteiger partial charge on any atom is -0.368 e. The maximum Gasteiger partial charge on any atom is 0.434 e. The fourth-order valence-corrected chi connectivity index (χ4v) is 1.20. The van der Waals surface area contributed by atoms with Crippen LogP contribution in [0.2, 0.25) is 5.15 Å². The zero-order chi connectivity index (χ0) is 10.2. The standard InChI is InChI=1S/C5H2BrClF3N3/c6-1-2(5(8,9)10)12-4(11)13-3(1)7/h(H2,11,12,13). The lowest BCUT2D eigenvalue weighted by atomic mass is 10.4. The van der Waals surface area contributed by atoms with Crippen molar-refractivity contribution in [2.75, 3.05) is 5.73 Å². The Balaban J connectivity index is 3.37. The van der Waals surface area contributed by atoms with Crippen LogP contribution in [0.4, 0.5) is 19.1 Å². The lowest BCUT2D eigenvalue weighted by Crippen LogP contribution is -2.12. The van der Waals surface area contributed by atoms with Gasteiger partial charge in [0.05, 0.1) is 4.47 Å². The Bertz CT molecular complexity index is 341. The molecule has 2 N–H and O–H groups in total. The third-order valence-corrected chi connectivity index (χ3v) is 2.35. The molecule has 1 rings (SSSR count). The molecule has 1 aromatic heterocycles. The number of hydrogen-bond donors (Lipinski definition) is 1. The summed E-state index contributed by atoms with van der Waals surface area (Å²) >= 11 is 7.96. The summed E-state index contributed by atoms with van der Waals surface area (Å²) < 4.78 is 36.1. The number of anilines is 1. The molecule has 0 aliphatic rings. The molecule has 0 atom stereocenters. The highest BCUT2D eigenvalue weighted by atomic mass is 79.9. The monoisotopic (exact) mass is 275 g/mol. The first-order valence-corrected chi connectivity index (χ1v) is 4.05. The fraction of sp³-hybridized carbons (Fsp3) is 0.200. The molecular formula is C5H2BrClF3N3. The van der Waals surface area contributed by atoms with Crippen LogP contribution >= 0.6 is 27.5 Å². The molecule has 0 spiro atoms. The highest BCUT2D eigenvalue weighted by Crippen LogP contribution is 2.36. The molecule has 0 radical (unpaired) electrons. The summed E-state index contributed by atoms with van der Waals surface area (Å²) in [5, 5.41) is -0.361. The first kappa shape index (κ1) is 10.5. The van der Waals surface area contributed by atoms with Crippen LogP contribution in [0.3, 0.4) is 0 Å². The minimum absolute atomic E-state index is 0.361. The van der Waals surface area contributed by atoms with Crippen molar-refractivity contribution in [2.45, 2.75) is 6.18 Å². The number of aromatic nitrogens is 2. The predicted octanol–water partition coefficient (Wildman–Crippen LogP) is 2.49. The Morgan fingerprint density at radius 1 is 1.31 bits per heavy atom. The molecular weight excluding hydrogens is 274 g/mol. The molecule has 0 aliphatic carbocycles. The number of nitrogen functional groups attached to an aromatic ring is 1. The molecule has 8 heteroatoms. The van der Waals surface area contributed by atoms with E-state index in [1.54, 1.807) is 0 Å². The molecule has 13 heavy (non-hydrogen) atoms. The van der Waals surface area contributed by atoms with Gasteiger partial charge in [-0.1, -0.05) is 11.6 Å². The average molecular weight is 276 g/mol. The van der Waals surface area contributed by atoms with Gasteiger partial charge in [0.1, 0.15) is 5.15 Å². The van der Waals surface area contributed by atoms with Crippen LogP contribution in [0.5, 0.6) is 0 Å². The van der Waals surface area contributed by atoms with Gasteiger partial charge in [0.25, 0.3) is 0 Å². The quantitative estimate of drug-likeness (QED) is 0.741. The van der Waals surface area contributed by atoms with Crippen LogP contribution in [0.1, 0.15) is 5.69 Å². The summed E-state index contributed by atoms with van der Waals surface area (Å²) in [7, 11) is 0.